The number of nitrogens with zero attached hydrogens (tertiary/aromatic N) is 2. The zero-order valence-corrected chi connectivity index (χ0v) is 33.0. The van der Waals surface area contributed by atoms with E-state index in [9.17, 15) is 33.6 Å². The molecule has 4 N–H and O–H groups in total. The van der Waals surface area contributed by atoms with Crippen LogP contribution in [0.3, 0.4) is 0 Å². The topological polar surface area (TPSA) is 183 Å². The maximum Gasteiger partial charge on any atom is 0.407 e. The summed E-state index contributed by atoms with van der Waals surface area (Å²) in [5.74, 6) is -4.31. The molecular weight excluding hydrogens is 704 g/mol. The molecule has 0 saturated heterocycles. The van der Waals surface area contributed by atoms with Crippen molar-refractivity contribution >= 4 is 41.4 Å². The molecule has 14 heteroatoms. The standard InChI is InChI=1S/C41H58N6O8/c1-7-17-31(36(49)38(51)42-25-33(48)44-34(39(52)46(4)5)29-20-13-9-14-21-29)43-37(50)32(24-28-18-11-8-12-19-28)47(6)40(53)35(30-22-15-10-16-23-30)45-41(54)55-26-27(2)3/h8-9,11-14,18-21,27,30-32,34-35H,7,10,15-17,22-26H2,1-6H3,(H,42,51)(H,43,50)(H,44,48)(H,45,54)/t31?,32-,34?,35-/m0/s1. The number of ketones is 1. The van der Waals surface area contributed by atoms with E-state index in [1.807, 2.05) is 44.2 Å². The average molecular weight is 763 g/mol. The van der Waals surface area contributed by atoms with Crippen LogP contribution in [0.1, 0.15) is 82.9 Å². The maximum atomic E-state index is 14.3. The molecule has 3 rings (SSSR count). The van der Waals surface area contributed by atoms with Gasteiger partial charge in [-0.1, -0.05) is 107 Å². The first-order valence-electron chi connectivity index (χ1n) is 19.1. The number of carbonyl (C=O) groups is 7. The summed E-state index contributed by atoms with van der Waals surface area (Å²) in [4.78, 5) is 96.3. The van der Waals surface area contributed by atoms with Crippen LogP contribution in [0.2, 0.25) is 0 Å². The fourth-order valence-corrected chi connectivity index (χ4v) is 6.51. The summed E-state index contributed by atoms with van der Waals surface area (Å²) in [6.45, 7) is 5.20. The Morgan fingerprint density at radius 3 is 2.00 bits per heavy atom. The third-order valence-electron chi connectivity index (χ3n) is 9.57. The van der Waals surface area contributed by atoms with Crippen LogP contribution in [0.4, 0.5) is 4.79 Å². The van der Waals surface area contributed by atoms with Crippen molar-refractivity contribution in [1.82, 2.24) is 31.1 Å². The summed E-state index contributed by atoms with van der Waals surface area (Å²) in [5, 5.41) is 10.4. The summed E-state index contributed by atoms with van der Waals surface area (Å²) in [6, 6.07) is 13.4. The third kappa shape index (κ3) is 13.8. The van der Waals surface area contributed by atoms with Crippen molar-refractivity contribution in [2.45, 2.75) is 96.3 Å². The lowest BCUT2D eigenvalue weighted by atomic mass is 9.83. The van der Waals surface area contributed by atoms with Gasteiger partial charge in [0.15, 0.2) is 0 Å². The summed E-state index contributed by atoms with van der Waals surface area (Å²) in [6.07, 6.45) is 4.22. The lowest BCUT2D eigenvalue weighted by Gasteiger charge is -2.35. The number of rotatable bonds is 19. The first-order chi connectivity index (χ1) is 26.2. The number of likely N-dealkylation sites (N-methyl/N-ethyl adjacent to an activating group) is 2. The minimum Gasteiger partial charge on any atom is -0.449 e. The molecule has 0 spiro atoms. The fourth-order valence-electron chi connectivity index (χ4n) is 6.51. The first-order valence-corrected chi connectivity index (χ1v) is 19.1. The predicted molar refractivity (Wildman–Crippen MR) is 207 cm³/mol. The largest absolute Gasteiger partial charge is 0.449 e. The van der Waals surface area contributed by atoms with Crippen LogP contribution >= 0.6 is 0 Å². The number of benzene rings is 2. The predicted octanol–water partition coefficient (Wildman–Crippen LogP) is 3.30. The molecule has 2 unspecified atom stereocenters. The summed E-state index contributed by atoms with van der Waals surface area (Å²) in [7, 11) is 4.61. The molecule has 6 amide bonds. The van der Waals surface area contributed by atoms with Gasteiger partial charge in [-0.3, -0.25) is 28.8 Å². The Balaban J connectivity index is 1.78. The minimum absolute atomic E-state index is 0.0950. The summed E-state index contributed by atoms with van der Waals surface area (Å²) >= 11 is 0. The monoisotopic (exact) mass is 762 g/mol. The van der Waals surface area contributed by atoms with E-state index < -0.39 is 66.2 Å². The van der Waals surface area contributed by atoms with Gasteiger partial charge in [-0.05, 0) is 42.2 Å². The van der Waals surface area contributed by atoms with Crippen molar-refractivity contribution in [2.24, 2.45) is 11.8 Å². The Morgan fingerprint density at radius 2 is 1.42 bits per heavy atom. The van der Waals surface area contributed by atoms with Gasteiger partial charge in [-0.2, -0.15) is 0 Å². The molecule has 4 atom stereocenters. The van der Waals surface area contributed by atoms with Gasteiger partial charge in [0.1, 0.15) is 18.1 Å². The van der Waals surface area contributed by atoms with Crippen LogP contribution in [0, 0.1) is 11.8 Å². The Bertz CT molecular complexity index is 1600. The van der Waals surface area contributed by atoms with Gasteiger partial charge in [0, 0.05) is 27.6 Å². The highest BCUT2D eigenvalue weighted by atomic mass is 16.5. The molecule has 55 heavy (non-hydrogen) atoms. The van der Waals surface area contributed by atoms with Gasteiger partial charge in [-0.25, -0.2) is 4.79 Å². The van der Waals surface area contributed by atoms with Crippen molar-refractivity contribution in [3.63, 3.8) is 0 Å². The first kappa shape index (κ1) is 44.1. The quantitative estimate of drug-likeness (QED) is 0.157. The molecule has 2 aromatic rings. The van der Waals surface area contributed by atoms with E-state index in [0.29, 0.717) is 12.0 Å². The maximum absolute atomic E-state index is 14.3. The van der Waals surface area contributed by atoms with Crippen molar-refractivity contribution < 1.29 is 38.3 Å². The molecule has 0 aromatic heterocycles. The van der Waals surface area contributed by atoms with E-state index in [-0.39, 0.29) is 37.2 Å². The van der Waals surface area contributed by atoms with Gasteiger partial charge in [0.25, 0.3) is 5.91 Å². The third-order valence-corrected chi connectivity index (χ3v) is 9.57. The Morgan fingerprint density at radius 1 is 0.800 bits per heavy atom. The van der Waals surface area contributed by atoms with E-state index in [1.165, 1.54) is 16.8 Å². The molecule has 1 saturated carbocycles. The molecule has 0 radical (unpaired) electrons. The number of hydrogen-bond acceptors (Lipinski definition) is 8. The van der Waals surface area contributed by atoms with Crippen LogP contribution in [-0.2, 0) is 39.9 Å². The minimum atomic E-state index is -1.26. The molecule has 0 aliphatic heterocycles. The summed E-state index contributed by atoms with van der Waals surface area (Å²) < 4.78 is 5.36. The van der Waals surface area contributed by atoms with Gasteiger partial charge in [0.05, 0.1) is 19.2 Å². The SMILES string of the molecule is CCCC(NC(=O)[C@H](Cc1ccccc1)N(C)C(=O)[C@@H](NC(=O)OCC(C)C)C1CCCCC1)C(=O)C(=O)NCC(=O)NC(C(=O)N(C)C)c1ccccc1. The van der Waals surface area contributed by atoms with Crippen LogP contribution in [0.5, 0.6) is 0 Å². The van der Waals surface area contributed by atoms with Crippen LogP contribution in [0.25, 0.3) is 0 Å². The van der Waals surface area contributed by atoms with E-state index in [0.717, 1.165) is 37.7 Å². The highest BCUT2D eigenvalue weighted by molar-refractivity contribution is 6.38. The molecule has 14 nitrogen and oxygen atoms in total. The lowest BCUT2D eigenvalue weighted by molar-refractivity contribution is -0.144. The Labute approximate surface area is 324 Å². The van der Waals surface area contributed by atoms with E-state index in [2.05, 4.69) is 21.3 Å². The number of carbonyl (C=O) groups excluding carboxylic acids is 7. The number of amides is 6. The van der Waals surface area contributed by atoms with E-state index in [1.54, 1.807) is 51.4 Å². The van der Waals surface area contributed by atoms with Gasteiger partial charge in [0.2, 0.25) is 29.4 Å². The second kappa shape index (κ2) is 22.2. The van der Waals surface area contributed by atoms with Crippen molar-refractivity contribution in [1.29, 1.82) is 0 Å². The highest BCUT2D eigenvalue weighted by Crippen LogP contribution is 2.28. The highest BCUT2D eigenvalue weighted by Gasteiger charge is 2.39. The van der Waals surface area contributed by atoms with Crippen molar-refractivity contribution in [2.75, 3.05) is 34.3 Å². The Kier molecular flexibility index (Phi) is 17.8. The fraction of sp³-hybridized carbons (Fsp3) is 0.537. The Hall–Kier alpha value is -5.27. The molecule has 0 heterocycles. The zero-order chi connectivity index (χ0) is 40.5. The van der Waals surface area contributed by atoms with E-state index in [4.69, 9.17) is 4.74 Å². The number of Topliss-reactive ketones (excluding diaryl/α,β-unsaturated/α-hetero) is 1. The van der Waals surface area contributed by atoms with Crippen LogP contribution in [-0.4, -0.2) is 104 Å². The van der Waals surface area contributed by atoms with E-state index >= 15 is 0 Å². The number of nitrogens with one attached hydrogen (secondary N) is 4. The number of ether oxygens (including phenoxy) is 1. The van der Waals surface area contributed by atoms with Gasteiger partial charge < -0.3 is 35.8 Å². The van der Waals surface area contributed by atoms with Gasteiger partial charge in [-0.15, -0.1) is 0 Å². The smallest absolute Gasteiger partial charge is 0.407 e. The average Bonchev–Trinajstić information content (AvgIpc) is 3.19. The zero-order valence-electron chi connectivity index (χ0n) is 33.0. The van der Waals surface area contributed by atoms with Crippen molar-refractivity contribution in [3.8, 4) is 0 Å². The lowest BCUT2D eigenvalue weighted by Crippen LogP contribution is -2.59. The van der Waals surface area contributed by atoms with Crippen molar-refractivity contribution in [3.05, 3.63) is 71.8 Å². The molecule has 1 aliphatic carbocycles. The summed E-state index contributed by atoms with van der Waals surface area (Å²) in [5.41, 5.74) is 1.30. The van der Waals surface area contributed by atoms with Crippen LogP contribution < -0.4 is 21.3 Å². The molecular formula is C41H58N6O8. The number of alkyl carbamates (subject to hydrolysis) is 1. The molecule has 0 bridgehead atoms. The second-order valence-corrected chi connectivity index (χ2v) is 14.7. The molecule has 1 fully saturated rings. The number of hydrogen-bond donors (Lipinski definition) is 4. The second-order valence-electron chi connectivity index (χ2n) is 14.7. The van der Waals surface area contributed by atoms with Crippen LogP contribution in [0.15, 0.2) is 60.7 Å². The molecule has 2 aromatic carbocycles. The van der Waals surface area contributed by atoms with Gasteiger partial charge >= 0.3 is 6.09 Å². The normalized spacial score (nSPS) is 15.0. The molecule has 300 valence electrons. The molecule has 1 aliphatic rings.